The summed E-state index contributed by atoms with van der Waals surface area (Å²) < 4.78 is 5.31. The number of ether oxygens (including phenoxy) is 1. The van der Waals surface area contributed by atoms with E-state index in [9.17, 15) is 5.11 Å². The number of benzene rings is 1. The fourth-order valence-electron chi connectivity index (χ4n) is 1.23. The molecular formula is C11H15NO2. The van der Waals surface area contributed by atoms with Gasteiger partial charge in [0.05, 0.1) is 12.6 Å². The topological polar surface area (TPSA) is 55.5 Å². The van der Waals surface area contributed by atoms with Crippen LogP contribution in [0.25, 0.3) is 0 Å². The third-order valence-electron chi connectivity index (χ3n) is 1.93. The maximum absolute atomic E-state index is 9.55. The Morgan fingerprint density at radius 1 is 1.64 bits per heavy atom. The van der Waals surface area contributed by atoms with Gasteiger partial charge in [0.2, 0.25) is 0 Å². The molecule has 3 N–H and O–H groups in total. The molecule has 76 valence electrons. The Hall–Kier alpha value is -1.48. The molecule has 0 radical (unpaired) electrons. The van der Waals surface area contributed by atoms with Gasteiger partial charge in [-0.25, -0.2) is 0 Å². The Labute approximate surface area is 83.8 Å². The number of hydrogen-bond acceptors (Lipinski definition) is 3. The minimum Gasteiger partial charge on any atom is -0.504 e. The predicted molar refractivity (Wildman–Crippen MR) is 56.4 cm³/mol. The highest BCUT2D eigenvalue weighted by atomic mass is 16.5. The number of para-hydroxylation sites is 1. The average molecular weight is 193 g/mol. The molecule has 0 saturated heterocycles. The van der Waals surface area contributed by atoms with Crippen LogP contribution in [-0.4, -0.2) is 11.7 Å². The molecule has 1 aromatic carbocycles. The van der Waals surface area contributed by atoms with Crippen molar-refractivity contribution in [1.29, 1.82) is 0 Å². The van der Waals surface area contributed by atoms with E-state index in [1.807, 2.05) is 13.0 Å². The summed E-state index contributed by atoms with van der Waals surface area (Å²) >= 11 is 0. The molecule has 0 aliphatic heterocycles. The quantitative estimate of drug-likeness (QED) is 0.719. The molecule has 1 aromatic rings. The zero-order valence-corrected chi connectivity index (χ0v) is 8.23. The van der Waals surface area contributed by atoms with Crippen molar-refractivity contribution in [1.82, 2.24) is 0 Å². The second-order valence-electron chi connectivity index (χ2n) is 2.89. The van der Waals surface area contributed by atoms with Crippen LogP contribution < -0.4 is 10.5 Å². The number of aromatic hydroxyl groups is 1. The molecule has 0 spiro atoms. The van der Waals surface area contributed by atoms with Crippen molar-refractivity contribution in [2.75, 3.05) is 6.61 Å². The molecule has 0 saturated carbocycles. The summed E-state index contributed by atoms with van der Waals surface area (Å²) in [5.74, 6) is 0.559. The maximum Gasteiger partial charge on any atom is 0.165 e. The molecule has 0 fully saturated rings. The van der Waals surface area contributed by atoms with Crippen LogP contribution in [0.15, 0.2) is 30.9 Å². The van der Waals surface area contributed by atoms with Crippen LogP contribution in [-0.2, 0) is 0 Å². The molecule has 0 bridgehead atoms. The van der Waals surface area contributed by atoms with Crippen LogP contribution in [0.2, 0.25) is 0 Å². The van der Waals surface area contributed by atoms with Crippen LogP contribution in [0, 0.1) is 0 Å². The van der Waals surface area contributed by atoms with Gasteiger partial charge in [-0.05, 0) is 13.0 Å². The summed E-state index contributed by atoms with van der Waals surface area (Å²) in [6, 6.07) is 4.81. The summed E-state index contributed by atoms with van der Waals surface area (Å²) in [7, 11) is 0. The molecule has 0 aromatic heterocycles. The number of hydrogen-bond donors (Lipinski definition) is 2. The minimum atomic E-state index is -0.316. The number of nitrogens with two attached hydrogens (primary N) is 1. The van der Waals surface area contributed by atoms with Crippen LogP contribution in [0.4, 0.5) is 0 Å². The van der Waals surface area contributed by atoms with Crippen molar-refractivity contribution >= 4 is 0 Å². The van der Waals surface area contributed by atoms with Crippen LogP contribution in [0.5, 0.6) is 11.5 Å². The number of rotatable bonds is 4. The minimum absolute atomic E-state index is 0.113. The molecular weight excluding hydrogens is 178 g/mol. The molecule has 1 rings (SSSR count). The Kier molecular flexibility index (Phi) is 3.54. The van der Waals surface area contributed by atoms with Gasteiger partial charge >= 0.3 is 0 Å². The van der Waals surface area contributed by atoms with E-state index in [0.717, 1.165) is 5.56 Å². The normalized spacial score (nSPS) is 12.1. The maximum atomic E-state index is 9.55. The monoisotopic (exact) mass is 193 g/mol. The molecule has 3 heteroatoms. The standard InChI is InChI=1S/C11H15NO2/c1-3-9(12)8-6-5-7-10(13)11(8)14-4-2/h3,5-7,9,13H,1,4,12H2,2H3/t9-/m1/s1. The van der Waals surface area contributed by atoms with Gasteiger partial charge in [0.15, 0.2) is 11.5 Å². The smallest absolute Gasteiger partial charge is 0.165 e. The first-order valence-corrected chi connectivity index (χ1v) is 4.53. The second kappa shape index (κ2) is 4.67. The predicted octanol–water partition coefficient (Wildman–Crippen LogP) is 1.98. The first-order chi connectivity index (χ1) is 6.70. The zero-order chi connectivity index (χ0) is 10.6. The van der Waals surface area contributed by atoms with Gasteiger partial charge in [-0.2, -0.15) is 0 Å². The lowest BCUT2D eigenvalue weighted by Gasteiger charge is -2.14. The first kappa shape index (κ1) is 10.6. The van der Waals surface area contributed by atoms with Gasteiger partial charge in [0.1, 0.15) is 0 Å². The van der Waals surface area contributed by atoms with Crippen molar-refractivity contribution in [2.24, 2.45) is 5.73 Å². The molecule has 0 heterocycles. The third kappa shape index (κ3) is 2.06. The molecule has 0 amide bonds. The number of phenols is 1. The van der Waals surface area contributed by atoms with E-state index in [-0.39, 0.29) is 11.8 Å². The van der Waals surface area contributed by atoms with Crippen molar-refractivity contribution in [3.8, 4) is 11.5 Å². The van der Waals surface area contributed by atoms with Crippen molar-refractivity contribution in [3.63, 3.8) is 0 Å². The lowest BCUT2D eigenvalue weighted by molar-refractivity contribution is 0.313. The summed E-state index contributed by atoms with van der Waals surface area (Å²) in [5.41, 5.74) is 6.54. The van der Waals surface area contributed by atoms with Crippen molar-refractivity contribution in [2.45, 2.75) is 13.0 Å². The Bertz CT molecular complexity index is 323. The third-order valence-corrected chi connectivity index (χ3v) is 1.93. The van der Waals surface area contributed by atoms with E-state index < -0.39 is 0 Å². The van der Waals surface area contributed by atoms with Crippen molar-refractivity contribution in [3.05, 3.63) is 36.4 Å². The lowest BCUT2D eigenvalue weighted by atomic mass is 10.1. The molecule has 3 nitrogen and oxygen atoms in total. The SMILES string of the molecule is C=C[C@@H](N)c1cccc(O)c1OCC. The molecule has 0 aliphatic rings. The lowest BCUT2D eigenvalue weighted by Crippen LogP contribution is -2.09. The Morgan fingerprint density at radius 3 is 2.93 bits per heavy atom. The van der Waals surface area contributed by atoms with Crippen LogP contribution >= 0.6 is 0 Å². The van der Waals surface area contributed by atoms with E-state index in [1.54, 1.807) is 18.2 Å². The highest BCUT2D eigenvalue weighted by Gasteiger charge is 2.12. The highest BCUT2D eigenvalue weighted by Crippen LogP contribution is 2.33. The van der Waals surface area contributed by atoms with Gasteiger partial charge in [-0.1, -0.05) is 18.2 Å². The van der Waals surface area contributed by atoms with E-state index in [2.05, 4.69) is 6.58 Å². The van der Waals surface area contributed by atoms with Gasteiger partial charge in [-0.15, -0.1) is 6.58 Å². The van der Waals surface area contributed by atoms with Gasteiger partial charge in [-0.3, -0.25) is 0 Å². The summed E-state index contributed by atoms with van der Waals surface area (Å²) in [6.45, 7) is 5.96. The Morgan fingerprint density at radius 2 is 2.36 bits per heavy atom. The van der Waals surface area contributed by atoms with Gasteiger partial charge < -0.3 is 15.6 Å². The van der Waals surface area contributed by atoms with Gasteiger partial charge in [0.25, 0.3) is 0 Å². The summed E-state index contributed by atoms with van der Waals surface area (Å²) in [4.78, 5) is 0. The van der Waals surface area contributed by atoms with E-state index in [1.165, 1.54) is 0 Å². The summed E-state index contributed by atoms with van der Waals surface area (Å²) in [5, 5.41) is 9.55. The molecule has 14 heavy (non-hydrogen) atoms. The van der Waals surface area contributed by atoms with E-state index in [0.29, 0.717) is 12.4 Å². The second-order valence-corrected chi connectivity index (χ2v) is 2.89. The summed E-state index contributed by atoms with van der Waals surface area (Å²) in [6.07, 6.45) is 1.61. The number of phenolic OH excluding ortho intramolecular Hbond substituents is 1. The van der Waals surface area contributed by atoms with Gasteiger partial charge in [0, 0.05) is 5.56 Å². The van der Waals surface area contributed by atoms with E-state index >= 15 is 0 Å². The average Bonchev–Trinajstić information content (AvgIpc) is 2.20. The fourth-order valence-corrected chi connectivity index (χ4v) is 1.23. The van der Waals surface area contributed by atoms with Crippen LogP contribution in [0.1, 0.15) is 18.5 Å². The van der Waals surface area contributed by atoms with Crippen molar-refractivity contribution < 1.29 is 9.84 Å². The Balaban J connectivity index is 3.13. The molecule has 1 atom stereocenters. The first-order valence-electron chi connectivity index (χ1n) is 4.53. The molecule has 0 aliphatic carbocycles. The largest absolute Gasteiger partial charge is 0.504 e. The van der Waals surface area contributed by atoms with Crippen LogP contribution in [0.3, 0.4) is 0 Å². The molecule has 0 unspecified atom stereocenters. The van der Waals surface area contributed by atoms with E-state index in [4.69, 9.17) is 10.5 Å². The zero-order valence-electron chi connectivity index (χ0n) is 8.23. The fraction of sp³-hybridized carbons (Fsp3) is 0.273. The highest BCUT2D eigenvalue weighted by molar-refractivity contribution is 5.48.